The molecule has 33 heavy (non-hydrogen) atoms. The molecule has 2 aromatic heterocycles. The molecule has 7 nitrogen and oxygen atoms in total. The van der Waals surface area contributed by atoms with Crippen LogP contribution in [0.1, 0.15) is 0 Å². The fraction of sp³-hybridized carbons (Fsp3) is 0.250. The molecule has 0 bridgehead atoms. The number of aliphatic hydroxyl groups is 1. The van der Waals surface area contributed by atoms with Crippen LogP contribution in [0.15, 0.2) is 54.6 Å². The maximum absolute atomic E-state index is 9.91. The molecule has 0 aliphatic carbocycles. The summed E-state index contributed by atoms with van der Waals surface area (Å²) in [5.41, 5.74) is 5.03. The number of pyridine rings is 1. The monoisotopic (exact) mass is 575 g/mol. The van der Waals surface area contributed by atoms with E-state index in [1.165, 1.54) is 3.57 Å². The summed E-state index contributed by atoms with van der Waals surface area (Å²) in [5, 5.41) is 10.4. The van der Waals surface area contributed by atoms with Gasteiger partial charge in [-0.05, 0) is 17.2 Å². The molecular weight excluding hydrogens is 557 g/mol. The molecular formula is C24H19ClIN3O4-. The van der Waals surface area contributed by atoms with E-state index in [1.54, 1.807) is 6.07 Å². The molecule has 0 amide bonds. The number of halogens is 2. The molecule has 4 aromatic rings. The van der Waals surface area contributed by atoms with Crippen molar-refractivity contribution in [1.82, 2.24) is 15.0 Å². The van der Waals surface area contributed by atoms with E-state index in [0.29, 0.717) is 34.5 Å². The van der Waals surface area contributed by atoms with Gasteiger partial charge in [-0.1, -0.05) is 60.1 Å². The van der Waals surface area contributed by atoms with Crippen molar-refractivity contribution in [2.24, 2.45) is 0 Å². The van der Waals surface area contributed by atoms with Crippen molar-refractivity contribution in [3.8, 4) is 28.4 Å². The zero-order valence-corrected chi connectivity index (χ0v) is 20.2. The van der Waals surface area contributed by atoms with Crippen molar-refractivity contribution in [2.45, 2.75) is 24.4 Å². The number of H-pyrrole nitrogens is 1. The summed E-state index contributed by atoms with van der Waals surface area (Å²) in [7, 11) is 0. The van der Waals surface area contributed by atoms with Crippen LogP contribution in [-0.4, -0.2) is 57.7 Å². The van der Waals surface area contributed by atoms with E-state index < -0.39 is 6.10 Å². The van der Waals surface area contributed by atoms with Crippen molar-refractivity contribution in [3.05, 3.63) is 63.2 Å². The summed E-state index contributed by atoms with van der Waals surface area (Å²) < 4.78 is 18.4. The summed E-state index contributed by atoms with van der Waals surface area (Å²) in [4.78, 5) is 12.3. The SMILES string of the molecule is O[C@@H]1CO[C@H]2[C@@H]1OC[C@H]2Oc1nc2nc(-c3ccc(-c4ccc([I-])cc4)cc3)c(Cl)cc2[nH]1. The number of aliphatic hydroxyl groups excluding tert-OH is 1. The summed E-state index contributed by atoms with van der Waals surface area (Å²) in [6.45, 7) is 0.577. The summed E-state index contributed by atoms with van der Waals surface area (Å²) in [6, 6.07) is 18.7. The highest BCUT2D eigenvalue weighted by molar-refractivity contribution is 6.33. The lowest BCUT2D eigenvalue weighted by Crippen LogP contribution is -3.34. The number of hydrogen-bond donors (Lipinski definition) is 2. The topological polar surface area (TPSA) is 89.5 Å². The van der Waals surface area contributed by atoms with Crippen LogP contribution >= 0.6 is 11.6 Å². The maximum atomic E-state index is 9.91. The van der Waals surface area contributed by atoms with Gasteiger partial charge in [-0.15, -0.1) is 0 Å². The van der Waals surface area contributed by atoms with E-state index in [9.17, 15) is 5.11 Å². The van der Waals surface area contributed by atoms with Crippen LogP contribution in [-0.2, 0) is 9.47 Å². The molecule has 6 rings (SSSR count). The molecule has 2 N–H and O–H groups in total. The number of nitrogens with zero attached hydrogens (tertiary/aromatic N) is 2. The molecule has 169 valence electrons. The average molecular weight is 576 g/mol. The van der Waals surface area contributed by atoms with Gasteiger partial charge in [0, 0.05) is 5.56 Å². The number of aromatic nitrogens is 3. The number of hydrogen-bond acceptors (Lipinski definition) is 6. The predicted molar refractivity (Wildman–Crippen MR) is 118 cm³/mol. The first-order valence-electron chi connectivity index (χ1n) is 10.6. The highest BCUT2D eigenvalue weighted by Crippen LogP contribution is 2.33. The first-order valence-corrected chi connectivity index (χ1v) is 12.0. The number of benzene rings is 2. The van der Waals surface area contributed by atoms with Crippen molar-refractivity contribution >= 4 is 22.8 Å². The Balaban J connectivity index is 1.25. The van der Waals surface area contributed by atoms with E-state index in [1.807, 2.05) is 12.1 Å². The van der Waals surface area contributed by atoms with Gasteiger partial charge < -0.3 is 46.9 Å². The Morgan fingerprint density at radius 2 is 1.61 bits per heavy atom. The van der Waals surface area contributed by atoms with Gasteiger partial charge in [0.15, 0.2) is 11.8 Å². The number of imidazole rings is 1. The Hall–Kier alpha value is -2.24. The molecule has 4 atom stereocenters. The molecule has 1 radical (unpaired) electrons. The van der Waals surface area contributed by atoms with Crippen LogP contribution < -0.4 is 27.3 Å². The fourth-order valence-electron chi connectivity index (χ4n) is 4.31. The second-order valence-corrected chi connectivity index (χ2v) is 9.79. The number of rotatable bonds is 4. The van der Waals surface area contributed by atoms with Gasteiger partial charge in [0.25, 0.3) is 6.01 Å². The number of nitrogens with one attached hydrogen (secondary N) is 1. The van der Waals surface area contributed by atoms with Crippen LogP contribution in [0.25, 0.3) is 33.5 Å². The van der Waals surface area contributed by atoms with Crippen LogP contribution in [0.2, 0.25) is 5.02 Å². The fourth-order valence-corrected chi connectivity index (χ4v) is 4.93. The van der Waals surface area contributed by atoms with Gasteiger partial charge in [0.2, 0.25) is 0 Å². The standard InChI is InChI=1S/C24H19ClIN3O4/c25-16-9-17-23(29-24(27-17)33-19-11-32-21-18(30)10-31-22(19)21)28-20(16)14-3-1-12(2-4-14)13-5-7-15(26)8-6-13/h1-9,18-19,21-22,30H,10-11H2,(H,27,28,29)/q-1/t18-,19-,21-,22-/m1/s1. The molecule has 2 saturated heterocycles. The van der Waals surface area contributed by atoms with Gasteiger partial charge in [0.1, 0.15) is 18.3 Å². The predicted octanol–water partition coefficient (Wildman–Crippen LogP) is 0.574. The second kappa shape index (κ2) is 8.52. The van der Waals surface area contributed by atoms with Gasteiger partial charge in [-0.25, -0.2) is 4.98 Å². The number of fused-ring (bicyclic) bond motifs is 2. The summed E-state index contributed by atoms with van der Waals surface area (Å²) >= 11 is 8.86. The van der Waals surface area contributed by atoms with Crippen LogP contribution in [0.4, 0.5) is 0 Å². The highest BCUT2D eigenvalue weighted by Gasteiger charge is 2.48. The zero-order valence-electron chi connectivity index (χ0n) is 17.2. The van der Waals surface area contributed by atoms with Crippen molar-refractivity contribution < 1.29 is 41.9 Å². The molecule has 2 fully saturated rings. The third kappa shape index (κ3) is 4.00. The van der Waals surface area contributed by atoms with Crippen LogP contribution in [0, 0.1) is 3.57 Å². The quantitative estimate of drug-likeness (QED) is 0.346. The van der Waals surface area contributed by atoms with Crippen molar-refractivity contribution in [3.63, 3.8) is 0 Å². The largest absolute Gasteiger partial charge is 0.759 e. The molecule has 0 saturated carbocycles. The smallest absolute Gasteiger partial charge is 0.296 e. The lowest BCUT2D eigenvalue weighted by atomic mass is 10.0. The molecule has 2 aliphatic heterocycles. The summed E-state index contributed by atoms with van der Waals surface area (Å²) in [5.74, 6) is 0. The number of aromatic amines is 1. The Kier molecular flexibility index (Phi) is 5.50. The lowest BCUT2D eigenvalue weighted by molar-refractivity contribution is -0.328. The zero-order chi connectivity index (χ0) is 22.5. The Morgan fingerprint density at radius 1 is 0.939 bits per heavy atom. The summed E-state index contributed by atoms with van der Waals surface area (Å²) in [6.07, 6.45) is -1.65. The average Bonchev–Trinajstić information content (AvgIpc) is 3.51. The van der Waals surface area contributed by atoms with Crippen LogP contribution in [0.3, 0.4) is 0 Å². The maximum Gasteiger partial charge on any atom is 0.296 e. The first kappa shape index (κ1) is 21.3. The molecule has 2 aliphatic rings. The normalized spacial score (nSPS) is 24.3. The first-order chi connectivity index (χ1) is 16.0. The highest BCUT2D eigenvalue weighted by atomic mass is 127. The van der Waals surface area contributed by atoms with Gasteiger partial charge >= 0.3 is 0 Å². The van der Waals surface area contributed by atoms with Crippen molar-refractivity contribution in [2.75, 3.05) is 13.2 Å². The van der Waals surface area contributed by atoms with Gasteiger partial charge in [-0.3, -0.25) is 0 Å². The van der Waals surface area contributed by atoms with E-state index in [2.05, 4.69) is 73.9 Å². The van der Waals surface area contributed by atoms with Gasteiger partial charge in [0.05, 0.1) is 29.4 Å². The minimum absolute atomic E-state index is 0.248. The van der Waals surface area contributed by atoms with Crippen LogP contribution in [0.5, 0.6) is 6.01 Å². The minimum Gasteiger partial charge on any atom is -0.759 e. The van der Waals surface area contributed by atoms with E-state index in [4.69, 9.17) is 25.8 Å². The number of ether oxygens (including phenoxy) is 3. The van der Waals surface area contributed by atoms with E-state index in [-0.39, 0.29) is 24.9 Å². The minimum atomic E-state index is -0.626. The van der Waals surface area contributed by atoms with E-state index in [0.717, 1.165) is 16.7 Å². The molecule has 0 unspecified atom stereocenters. The molecule has 0 spiro atoms. The Labute approximate surface area is 208 Å². The Bertz CT molecular complexity index is 1310. The third-order valence-corrected chi connectivity index (χ3v) is 6.99. The van der Waals surface area contributed by atoms with Crippen molar-refractivity contribution in [1.29, 1.82) is 0 Å². The third-order valence-electron chi connectivity index (χ3n) is 5.99. The molecule has 2 aromatic carbocycles. The molecule has 9 heteroatoms. The Morgan fingerprint density at radius 3 is 2.36 bits per heavy atom. The van der Waals surface area contributed by atoms with E-state index >= 15 is 0 Å². The lowest BCUT2D eigenvalue weighted by Gasteiger charge is -2.15. The van der Waals surface area contributed by atoms with Gasteiger partial charge in [-0.2, -0.15) is 8.55 Å². The second-order valence-electron chi connectivity index (χ2n) is 8.14. The molecule has 4 heterocycles.